The van der Waals surface area contributed by atoms with E-state index in [4.69, 9.17) is 0 Å². The van der Waals surface area contributed by atoms with Crippen LogP contribution in [0.25, 0.3) is 0 Å². The van der Waals surface area contributed by atoms with Crippen molar-refractivity contribution in [3.8, 4) is 0 Å². The third kappa shape index (κ3) is 6.60. The summed E-state index contributed by atoms with van der Waals surface area (Å²) < 4.78 is 15.3. The van der Waals surface area contributed by atoms with Gasteiger partial charge in [0.2, 0.25) is 12.1 Å². The number of nitrogens with one attached hydrogen (secondary N) is 3. The van der Waals surface area contributed by atoms with Crippen molar-refractivity contribution < 1.29 is 18.8 Å². The largest absolute Gasteiger partial charge is 0.341 e. The van der Waals surface area contributed by atoms with E-state index in [1.165, 1.54) is 11.0 Å². The average Bonchev–Trinajstić information content (AvgIpc) is 3.34. The molecule has 1 aliphatic carbocycles. The van der Waals surface area contributed by atoms with Crippen LogP contribution in [-0.2, 0) is 16.0 Å². The number of carbonyl (C=O) groups is 3. The zero-order valence-electron chi connectivity index (χ0n) is 25.6. The van der Waals surface area contributed by atoms with Gasteiger partial charge in [-0.1, -0.05) is 47.7 Å². The summed E-state index contributed by atoms with van der Waals surface area (Å²) in [5.74, 6) is 0.125. The highest BCUT2D eigenvalue weighted by Gasteiger charge is 2.37. The molecule has 4 amide bonds. The summed E-state index contributed by atoms with van der Waals surface area (Å²) in [5.41, 5.74) is 2.57. The number of anilines is 2. The lowest BCUT2D eigenvalue weighted by molar-refractivity contribution is -0.132. The van der Waals surface area contributed by atoms with Crippen LogP contribution in [0.4, 0.5) is 20.6 Å². The molecule has 47 heavy (non-hydrogen) atoms. The molecule has 2 saturated heterocycles. The Hall–Kier alpha value is -5.46. The molecule has 3 aliphatic heterocycles. The zero-order chi connectivity index (χ0) is 32.3. The fourth-order valence-electron chi connectivity index (χ4n) is 6.78. The first kappa shape index (κ1) is 30.2. The van der Waals surface area contributed by atoms with Crippen LogP contribution in [0, 0.1) is 17.7 Å². The van der Waals surface area contributed by atoms with Gasteiger partial charge < -0.3 is 15.5 Å². The van der Waals surface area contributed by atoms with E-state index in [1.54, 1.807) is 60.7 Å². The standard InChI is InChI=1S/C34H34FN9O3/c35-27-10-3-1-8-25(27)31-26-9-2-4-11-28(26)44(20-30(45)43-18-21-12-13-22(19-43)15-14-21)33(46)32(37-31)38-34(47)36-24-7-5-6-23(16-24)17-29-39-41-42-40-29/h1-11,16,21-22,32H,12-15,17-20H2,(H2,36,38,47)(H,39,40,41,42)/t21?,22?,32-/m1/s1. The van der Waals surface area contributed by atoms with Crippen LogP contribution in [0.5, 0.6) is 0 Å². The monoisotopic (exact) mass is 635 g/mol. The third-order valence-corrected chi connectivity index (χ3v) is 9.11. The number of halogens is 1. The number of hydrogen-bond acceptors (Lipinski definition) is 7. The number of urea groups is 1. The number of fused-ring (bicyclic) bond motifs is 5. The van der Waals surface area contributed by atoms with E-state index in [0.717, 1.165) is 31.2 Å². The maximum absolute atomic E-state index is 15.3. The first-order chi connectivity index (χ1) is 22.9. The second-order valence-corrected chi connectivity index (χ2v) is 12.3. The molecule has 1 atom stereocenters. The van der Waals surface area contributed by atoms with E-state index in [-0.39, 0.29) is 23.7 Å². The van der Waals surface area contributed by atoms with Crippen molar-refractivity contribution in [2.24, 2.45) is 16.8 Å². The quantitative estimate of drug-likeness (QED) is 0.281. The number of para-hydroxylation sites is 1. The second-order valence-electron chi connectivity index (χ2n) is 12.3. The lowest BCUT2D eigenvalue weighted by Gasteiger charge is -2.29. The Morgan fingerprint density at radius 2 is 1.64 bits per heavy atom. The predicted octanol–water partition coefficient (Wildman–Crippen LogP) is 3.91. The Morgan fingerprint density at radius 3 is 2.36 bits per heavy atom. The first-order valence-electron chi connectivity index (χ1n) is 15.8. The summed E-state index contributed by atoms with van der Waals surface area (Å²) >= 11 is 0. The summed E-state index contributed by atoms with van der Waals surface area (Å²) in [4.78, 5) is 49.5. The van der Waals surface area contributed by atoms with Crippen molar-refractivity contribution in [2.45, 2.75) is 38.3 Å². The van der Waals surface area contributed by atoms with Gasteiger partial charge in [-0.3, -0.25) is 14.5 Å². The van der Waals surface area contributed by atoms with Crippen molar-refractivity contribution in [1.29, 1.82) is 0 Å². The molecule has 0 unspecified atom stereocenters. The molecule has 1 aromatic heterocycles. The molecule has 3 N–H and O–H groups in total. The van der Waals surface area contributed by atoms with E-state index in [2.05, 4.69) is 36.3 Å². The Morgan fingerprint density at radius 1 is 0.915 bits per heavy atom. The fraction of sp³-hybridized carbons (Fsp3) is 0.324. The molecule has 4 aliphatic rings. The number of aliphatic imine (C=N–C) groups is 1. The number of nitrogens with zero attached hydrogens (tertiary/aromatic N) is 6. The van der Waals surface area contributed by atoms with Crippen LogP contribution in [0.2, 0.25) is 0 Å². The van der Waals surface area contributed by atoms with Crippen LogP contribution in [0.1, 0.15) is 48.2 Å². The topological polar surface area (TPSA) is 149 Å². The Labute approximate surface area is 270 Å². The van der Waals surface area contributed by atoms with Gasteiger partial charge in [0.1, 0.15) is 12.4 Å². The summed E-state index contributed by atoms with van der Waals surface area (Å²) in [6.45, 7) is 1.12. The minimum atomic E-state index is -1.45. The molecule has 0 radical (unpaired) electrons. The number of benzodiazepines with no additional fused rings is 1. The van der Waals surface area contributed by atoms with Crippen LogP contribution < -0.4 is 15.5 Å². The molecule has 12 nitrogen and oxygen atoms in total. The molecule has 4 heterocycles. The van der Waals surface area contributed by atoms with E-state index in [0.29, 0.717) is 54.1 Å². The van der Waals surface area contributed by atoms with Crippen molar-refractivity contribution in [1.82, 2.24) is 30.8 Å². The zero-order valence-corrected chi connectivity index (χ0v) is 25.6. The molecule has 8 rings (SSSR count). The van der Waals surface area contributed by atoms with Gasteiger partial charge in [0, 0.05) is 36.3 Å². The van der Waals surface area contributed by atoms with E-state index in [9.17, 15) is 14.4 Å². The normalized spacial score (nSPS) is 20.6. The highest BCUT2D eigenvalue weighted by molar-refractivity contribution is 6.21. The molecule has 2 bridgehead atoms. The number of hydrogen-bond donors (Lipinski definition) is 3. The lowest BCUT2D eigenvalue weighted by Crippen LogP contribution is -2.51. The van der Waals surface area contributed by atoms with Gasteiger partial charge in [0.15, 0.2) is 5.82 Å². The van der Waals surface area contributed by atoms with Gasteiger partial charge in [0.25, 0.3) is 5.91 Å². The molecular weight excluding hydrogens is 601 g/mol. The number of amides is 4. The minimum Gasteiger partial charge on any atom is -0.341 e. The van der Waals surface area contributed by atoms with Crippen LogP contribution >= 0.6 is 0 Å². The smallest absolute Gasteiger partial charge is 0.321 e. The van der Waals surface area contributed by atoms with Crippen molar-refractivity contribution in [2.75, 3.05) is 29.9 Å². The van der Waals surface area contributed by atoms with Gasteiger partial charge in [-0.05, 0) is 73.4 Å². The molecule has 13 heteroatoms. The summed E-state index contributed by atoms with van der Waals surface area (Å²) in [5, 5.41) is 19.4. The minimum absolute atomic E-state index is 0.164. The summed E-state index contributed by atoms with van der Waals surface area (Å²) in [6, 6.07) is 19.6. The molecule has 0 spiro atoms. The van der Waals surface area contributed by atoms with E-state index in [1.807, 2.05) is 11.0 Å². The van der Waals surface area contributed by atoms with E-state index >= 15 is 4.39 Å². The highest BCUT2D eigenvalue weighted by Crippen LogP contribution is 2.34. The van der Waals surface area contributed by atoms with Crippen LogP contribution in [-0.4, -0.2) is 74.9 Å². The maximum atomic E-state index is 15.3. The number of H-pyrrole nitrogens is 1. The number of aromatic amines is 1. The van der Waals surface area contributed by atoms with Gasteiger partial charge in [-0.2, -0.15) is 5.21 Å². The van der Waals surface area contributed by atoms with Gasteiger partial charge in [-0.25, -0.2) is 14.2 Å². The molecule has 3 aromatic carbocycles. The molecule has 3 fully saturated rings. The van der Waals surface area contributed by atoms with Gasteiger partial charge in [-0.15, -0.1) is 10.2 Å². The van der Waals surface area contributed by atoms with E-state index < -0.39 is 23.9 Å². The number of carbonyl (C=O) groups excluding carboxylic acids is 3. The molecule has 4 aromatic rings. The van der Waals surface area contributed by atoms with Gasteiger partial charge >= 0.3 is 6.03 Å². The average molecular weight is 636 g/mol. The number of tetrazole rings is 1. The maximum Gasteiger partial charge on any atom is 0.321 e. The van der Waals surface area contributed by atoms with Crippen molar-refractivity contribution in [3.05, 3.63) is 101 Å². The molecule has 1 saturated carbocycles. The molecule has 240 valence electrons. The SMILES string of the molecule is O=C(Nc1cccc(Cc2nn[nH]n2)c1)N[C@H]1N=C(c2ccccc2F)c2ccccc2N(CC(=O)N2CC3CCC(CC3)C2)C1=O. The molecular formula is C34H34FN9O3. The number of benzene rings is 3. The van der Waals surface area contributed by atoms with Gasteiger partial charge in [0.05, 0.1) is 11.4 Å². The first-order valence-corrected chi connectivity index (χ1v) is 15.8. The van der Waals surface area contributed by atoms with Crippen LogP contribution in [0.15, 0.2) is 77.8 Å². The lowest BCUT2D eigenvalue weighted by atomic mass is 9.84. The third-order valence-electron chi connectivity index (χ3n) is 9.11. The Kier molecular flexibility index (Phi) is 8.42. The summed E-state index contributed by atoms with van der Waals surface area (Å²) in [7, 11) is 0. The predicted molar refractivity (Wildman–Crippen MR) is 172 cm³/mol. The number of rotatable bonds is 7. The second kappa shape index (κ2) is 13.1. The van der Waals surface area contributed by atoms with Crippen LogP contribution in [0.3, 0.4) is 0 Å². The van der Waals surface area contributed by atoms with Crippen molar-refractivity contribution in [3.63, 3.8) is 0 Å². The highest BCUT2D eigenvalue weighted by atomic mass is 19.1. The van der Waals surface area contributed by atoms with Crippen molar-refractivity contribution >= 4 is 34.9 Å². The fourth-order valence-corrected chi connectivity index (χ4v) is 6.78. The Bertz CT molecular complexity index is 1810. The summed E-state index contributed by atoms with van der Waals surface area (Å²) in [6.07, 6.45) is 3.39. The number of aromatic nitrogens is 4. The Balaban J connectivity index is 1.19.